The molecule has 0 aromatic heterocycles. The Bertz CT molecular complexity index is 1020. The number of nitrogens with zero attached hydrogens (tertiary/aromatic N) is 1. The molecule has 0 saturated carbocycles. The number of rotatable bonds is 6. The Morgan fingerprint density at radius 1 is 0.806 bits per heavy atom. The zero-order valence-corrected chi connectivity index (χ0v) is 17.7. The lowest BCUT2D eigenvalue weighted by Crippen LogP contribution is -2.25. The molecule has 2 N–H and O–H groups in total. The molecule has 1 fully saturated rings. The number of aromatic hydroxyl groups is 2. The molecule has 0 amide bonds. The van der Waals surface area contributed by atoms with Crippen molar-refractivity contribution in [3.05, 3.63) is 89.0 Å². The second-order valence-corrected chi connectivity index (χ2v) is 8.73. The largest absolute Gasteiger partial charge is 0.508 e. The van der Waals surface area contributed by atoms with Crippen LogP contribution in [0.4, 0.5) is 0 Å². The molecule has 31 heavy (non-hydrogen) atoms. The first-order valence-corrected chi connectivity index (χ1v) is 11.2. The van der Waals surface area contributed by atoms with Crippen molar-refractivity contribution in [2.45, 2.75) is 31.1 Å². The first-order valence-electron chi connectivity index (χ1n) is 11.2. The number of hydrogen-bond donors (Lipinski definition) is 2. The average Bonchev–Trinajstić information content (AvgIpc) is 3.42. The zero-order chi connectivity index (χ0) is 21.2. The van der Waals surface area contributed by atoms with Crippen molar-refractivity contribution in [3.8, 4) is 17.2 Å². The smallest absolute Gasteiger partial charge is 0.119 e. The van der Waals surface area contributed by atoms with Gasteiger partial charge in [-0.3, -0.25) is 4.90 Å². The molecule has 1 aliphatic heterocycles. The molecule has 160 valence electrons. The summed E-state index contributed by atoms with van der Waals surface area (Å²) in [6, 6.07) is 21.7. The van der Waals surface area contributed by atoms with Crippen molar-refractivity contribution in [1.82, 2.24) is 4.90 Å². The zero-order valence-electron chi connectivity index (χ0n) is 17.7. The molecule has 5 rings (SSSR count). The molecule has 0 radical (unpaired) electrons. The van der Waals surface area contributed by atoms with E-state index in [4.69, 9.17) is 4.74 Å². The molecule has 4 heteroatoms. The third kappa shape index (κ3) is 4.26. The highest BCUT2D eigenvalue weighted by Gasteiger charge is 2.34. The van der Waals surface area contributed by atoms with E-state index in [1.54, 1.807) is 18.2 Å². The van der Waals surface area contributed by atoms with E-state index in [1.165, 1.54) is 48.2 Å². The predicted molar refractivity (Wildman–Crippen MR) is 122 cm³/mol. The van der Waals surface area contributed by atoms with Gasteiger partial charge in [-0.1, -0.05) is 30.3 Å². The molecule has 1 heterocycles. The Hall–Kier alpha value is -2.98. The van der Waals surface area contributed by atoms with Crippen LogP contribution in [0.3, 0.4) is 0 Å². The number of likely N-dealkylation sites (tertiary alicyclic amines) is 1. The minimum atomic E-state index is 0.207. The van der Waals surface area contributed by atoms with Crippen LogP contribution in [0, 0.1) is 0 Å². The monoisotopic (exact) mass is 415 g/mol. The maximum Gasteiger partial charge on any atom is 0.119 e. The second kappa shape index (κ2) is 8.64. The van der Waals surface area contributed by atoms with Crippen molar-refractivity contribution >= 4 is 0 Å². The van der Waals surface area contributed by atoms with Gasteiger partial charge in [-0.05, 0) is 96.9 Å². The van der Waals surface area contributed by atoms with Gasteiger partial charge >= 0.3 is 0 Å². The molecule has 2 aliphatic rings. The Balaban J connectivity index is 1.37. The Labute approximate surface area is 183 Å². The van der Waals surface area contributed by atoms with Crippen molar-refractivity contribution in [1.29, 1.82) is 0 Å². The van der Waals surface area contributed by atoms with Gasteiger partial charge in [0.05, 0.1) is 0 Å². The molecule has 3 aromatic carbocycles. The number of hydrogen-bond acceptors (Lipinski definition) is 4. The third-order valence-corrected chi connectivity index (χ3v) is 6.74. The van der Waals surface area contributed by atoms with Gasteiger partial charge in [-0.25, -0.2) is 0 Å². The topological polar surface area (TPSA) is 52.9 Å². The summed E-state index contributed by atoms with van der Waals surface area (Å²) in [4.78, 5) is 2.46. The maximum atomic E-state index is 9.99. The maximum absolute atomic E-state index is 9.99. The highest BCUT2D eigenvalue weighted by atomic mass is 16.5. The fourth-order valence-electron chi connectivity index (χ4n) is 5.16. The third-order valence-electron chi connectivity index (χ3n) is 6.74. The molecule has 1 aliphatic carbocycles. The van der Waals surface area contributed by atoms with Crippen LogP contribution in [-0.4, -0.2) is 41.4 Å². The molecule has 4 nitrogen and oxygen atoms in total. The van der Waals surface area contributed by atoms with E-state index < -0.39 is 0 Å². The summed E-state index contributed by atoms with van der Waals surface area (Å²) < 4.78 is 5.99. The summed E-state index contributed by atoms with van der Waals surface area (Å²) in [6.45, 7) is 4.10. The van der Waals surface area contributed by atoms with E-state index in [1.807, 2.05) is 18.2 Å². The van der Waals surface area contributed by atoms with Crippen LogP contribution in [0.5, 0.6) is 17.2 Å². The highest BCUT2D eigenvalue weighted by molar-refractivity contribution is 5.51. The summed E-state index contributed by atoms with van der Waals surface area (Å²) in [5.74, 6) is 1.97. The van der Waals surface area contributed by atoms with Gasteiger partial charge < -0.3 is 14.9 Å². The molecule has 0 bridgehead atoms. The van der Waals surface area contributed by atoms with Crippen molar-refractivity contribution in [3.63, 3.8) is 0 Å². The van der Waals surface area contributed by atoms with Crippen LogP contribution in [0.15, 0.2) is 66.7 Å². The molecule has 0 spiro atoms. The van der Waals surface area contributed by atoms with Gasteiger partial charge in [-0.15, -0.1) is 0 Å². The van der Waals surface area contributed by atoms with Gasteiger partial charge in [0.25, 0.3) is 0 Å². The van der Waals surface area contributed by atoms with Crippen molar-refractivity contribution in [2.75, 3.05) is 26.2 Å². The van der Waals surface area contributed by atoms with Crippen molar-refractivity contribution < 1.29 is 14.9 Å². The van der Waals surface area contributed by atoms with Crippen LogP contribution in [-0.2, 0) is 6.42 Å². The summed E-state index contributed by atoms with van der Waals surface area (Å²) in [6.07, 6.45) is 3.47. The first kappa shape index (κ1) is 20.0. The predicted octanol–water partition coefficient (Wildman–Crippen LogP) is 5.04. The Morgan fingerprint density at radius 2 is 1.48 bits per heavy atom. The van der Waals surface area contributed by atoms with Crippen LogP contribution in [0.25, 0.3) is 0 Å². The van der Waals surface area contributed by atoms with E-state index in [0.717, 1.165) is 25.3 Å². The normalized spacial score (nSPS) is 20.6. The average molecular weight is 416 g/mol. The van der Waals surface area contributed by atoms with E-state index in [-0.39, 0.29) is 17.6 Å². The summed E-state index contributed by atoms with van der Waals surface area (Å²) in [5, 5.41) is 19.7. The Morgan fingerprint density at radius 3 is 2.23 bits per heavy atom. The van der Waals surface area contributed by atoms with E-state index >= 15 is 0 Å². The molecule has 1 saturated heterocycles. The number of benzene rings is 3. The SMILES string of the molecule is Oc1ccc(C2Cc3cc(O)ccc3C2c2ccc(OCCN3CCCC3)cc2)cc1. The van der Waals surface area contributed by atoms with E-state index in [9.17, 15) is 10.2 Å². The fraction of sp³-hybridized carbons (Fsp3) is 0.333. The molecular weight excluding hydrogens is 386 g/mol. The van der Waals surface area contributed by atoms with Gasteiger partial charge in [0.1, 0.15) is 23.9 Å². The lowest BCUT2D eigenvalue weighted by molar-refractivity contribution is 0.237. The molecular formula is C27H29NO3. The lowest BCUT2D eigenvalue weighted by atomic mass is 9.82. The highest BCUT2D eigenvalue weighted by Crippen LogP contribution is 2.48. The fourth-order valence-corrected chi connectivity index (χ4v) is 5.16. The molecule has 2 unspecified atom stereocenters. The number of phenols is 2. The number of phenolic OH excluding ortho intramolecular Hbond substituents is 2. The molecule has 2 atom stereocenters. The summed E-state index contributed by atoms with van der Waals surface area (Å²) in [5.41, 5.74) is 4.89. The van der Waals surface area contributed by atoms with Gasteiger partial charge in [0.2, 0.25) is 0 Å². The quantitative estimate of drug-likeness (QED) is 0.592. The summed E-state index contributed by atoms with van der Waals surface area (Å²) in [7, 11) is 0. The second-order valence-electron chi connectivity index (χ2n) is 8.73. The van der Waals surface area contributed by atoms with Crippen LogP contribution in [0.2, 0.25) is 0 Å². The van der Waals surface area contributed by atoms with E-state index in [0.29, 0.717) is 5.75 Å². The minimum Gasteiger partial charge on any atom is -0.508 e. The molecule has 3 aromatic rings. The Kier molecular flexibility index (Phi) is 5.56. The van der Waals surface area contributed by atoms with Crippen LogP contribution < -0.4 is 4.74 Å². The first-order chi connectivity index (χ1) is 15.2. The van der Waals surface area contributed by atoms with E-state index in [2.05, 4.69) is 35.2 Å². The van der Waals surface area contributed by atoms with Gasteiger partial charge in [-0.2, -0.15) is 0 Å². The number of fused-ring (bicyclic) bond motifs is 1. The standard InChI is InChI=1S/C27H29NO3/c29-22-7-3-19(4-8-22)26-18-21-17-23(30)9-12-25(21)27(26)20-5-10-24(11-6-20)31-16-15-28-13-1-2-14-28/h3-12,17,26-27,29-30H,1-2,13-16,18H2. The minimum absolute atomic E-state index is 0.207. The number of ether oxygens (including phenoxy) is 1. The van der Waals surface area contributed by atoms with Gasteiger partial charge in [0.15, 0.2) is 0 Å². The van der Waals surface area contributed by atoms with Crippen LogP contribution >= 0.6 is 0 Å². The van der Waals surface area contributed by atoms with Gasteiger partial charge in [0, 0.05) is 12.5 Å². The lowest BCUT2D eigenvalue weighted by Gasteiger charge is -2.22. The summed E-state index contributed by atoms with van der Waals surface area (Å²) >= 11 is 0. The van der Waals surface area contributed by atoms with Crippen LogP contribution in [0.1, 0.15) is 46.9 Å². The van der Waals surface area contributed by atoms with Crippen molar-refractivity contribution in [2.24, 2.45) is 0 Å².